The Balaban J connectivity index is 1.57. The minimum atomic E-state index is -0.118. The second kappa shape index (κ2) is 10.9. The number of hydrogen-bond donors (Lipinski definition) is 1. The average Bonchev–Trinajstić information content (AvgIpc) is 2.74. The Kier molecular flexibility index (Phi) is 8.00. The van der Waals surface area contributed by atoms with Gasteiger partial charge in [-0.2, -0.15) is 11.8 Å². The first-order valence-corrected chi connectivity index (χ1v) is 11.0. The number of nitrogens with zero attached hydrogens (tertiary/aromatic N) is 1. The maximum absolute atomic E-state index is 12.4. The van der Waals surface area contributed by atoms with Crippen LogP contribution in [0.3, 0.4) is 0 Å². The molecule has 1 heterocycles. The predicted molar refractivity (Wildman–Crippen MR) is 119 cm³/mol. The molecule has 0 radical (unpaired) electrons. The van der Waals surface area contributed by atoms with Crippen molar-refractivity contribution in [3.63, 3.8) is 0 Å². The lowest BCUT2D eigenvalue weighted by Crippen LogP contribution is -2.32. The summed E-state index contributed by atoms with van der Waals surface area (Å²) in [4.78, 5) is 14.8. The molecule has 1 N–H and O–H groups in total. The Morgan fingerprint density at radius 1 is 1.14 bits per heavy atom. The van der Waals surface area contributed by atoms with Crippen molar-refractivity contribution in [3.8, 4) is 5.75 Å². The van der Waals surface area contributed by atoms with Crippen LogP contribution in [0.4, 0.5) is 5.69 Å². The number of hydrogen-bond acceptors (Lipinski definition) is 4. The van der Waals surface area contributed by atoms with Gasteiger partial charge in [-0.3, -0.25) is 9.69 Å². The summed E-state index contributed by atoms with van der Waals surface area (Å²) in [5.41, 5.74) is 3.02. The summed E-state index contributed by atoms with van der Waals surface area (Å²) in [7, 11) is 0. The molecule has 0 saturated carbocycles. The van der Waals surface area contributed by atoms with E-state index in [-0.39, 0.29) is 5.91 Å². The molecule has 148 valence electrons. The van der Waals surface area contributed by atoms with Gasteiger partial charge >= 0.3 is 0 Å². The number of ether oxygens (including phenoxy) is 1. The highest BCUT2D eigenvalue weighted by atomic mass is 32.2. The first kappa shape index (κ1) is 20.5. The lowest BCUT2D eigenvalue weighted by Gasteiger charge is -2.27. The zero-order valence-corrected chi connectivity index (χ0v) is 17.2. The number of carbonyl (C=O) groups excluding carboxylic acids is 1. The van der Waals surface area contributed by atoms with E-state index in [0.717, 1.165) is 48.6 Å². The molecule has 1 amide bonds. The zero-order chi connectivity index (χ0) is 19.6. The largest absolute Gasteiger partial charge is 0.494 e. The molecule has 0 unspecified atom stereocenters. The highest BCUT2D eigenvalue weighted by Gasteiger charge is 2.13. The Morgan fingerprint density at radius 2 is 1.89 bits per heavy atom. The van der Waals surface area contributed by atoms with Crippen molar-refractivity contribution in [1.82, 2.24) is 4.90 Å². The van der Waals surface area contributed by atoms with Gasteiger partial charge in [-0.25, -0.2) is 0 Å². The summed E-state index contributed by atoms with van der Waals surface area (Å²) in [5.74, 6) is 3.10. The van der Waals surface area contributed by atoms with E-state index in [0.29, 0.717) is 6.61 Å². The van der Waals surface area contributed by atoms with Gasteiger partial charge in [-0.05, 0) is 41.8 Å². The first-order valence-electron chi connectivity index (χ1n) is 9.84. The van der Waals surface area contributed by atoms with Crippen molar-refractivity contribution in [1.29, 1.82) is 0 Å². The molecule has 0 aliphatic carbocycles. The van der Waals surface area contributed by atoms with Gasteiger partial charge < -0.3 is 10.1 Å². The fraction of sp³-hybridized carbons (Fsp3) is 0.348. The third-order valence-electron chi connectivity index (χ3n) is 4.55. The molecular formula is C23H28N2O2S. The van der Waals surface area contributed by atoms with Crippen LogP contribution < -0.4 is 10.1 Å². The van der Waals surface area contributed by atoms with Gasteiger partial charge in [0.25, 0.3) is 0 Å². The lowest BCUT2D eigenvalue weighted by atomic mass is 10.1. The Labute approximate surface area is 172 Å². The monoisotopic (exact) mass is 396 g/mol. The van der Waals surface area contributed by atoms with Crippen molar-refractivity contribution in [2.24, 2.45) is 0 Å². The van der Waals surface area contributed by atoms with Gasteiger partial charge in [0, 0.05) is 42.9 Å². The fourth-order valence-electron chi connectivity index (χ4n) is 3.02. The molecule has 2 aromatic rings. The van der Waals surface area contributed by atoms with Crippen LogP contribution in [0.2, 0.25) is 0 Å². The summed E-state index contributed by atoms with van der Waals surface area (Å²) in [5, 5.41) is 3.03. The van der Waals surface area contributed by atoms with Crippen LogP contribution in [0.25, 0.3) is 6.08 Å². The maximum Gasteiger partial charge on any atom is 0.248 e. The summed E-state index contributed by atoms with van der Waals surface area (Å²) in [6.07, 6.45) is 4.39. The molecule has 0 aromatic heterocycles. The van der Waals surface area contributed by atoms with E-state index in [2.05, 4.69) is 23.2 Å². The molecular weight excluding hydrogens is 368 g/mol. The summed E-state index contributed by atoms with van der Waals surface area (Å²) < 4.78 is 5.58. The molecule has 4 nitrogen and oxygen atoms in total. The SMILES string of the molecule is CCCOc1ccc(/C=C/C(=O)Nc2ccccc2CN2CCSCC2)cc1. The van der Waals surface area contributed by atoms with Crippen molar-refractivity contribution < 1.29 is 9.53 Å². The summed E-state index contributed by atoms with van der Waals surface area (Å²) in [6.45, 7) is 5.88. The van der Waals surface area contributed by atoms with E-state index in [4.69, 9.17) is 4.74 Å². The molecule has 3 rings (SSSR count). The standard InChI is InChI=1S/C23H28N2O2S/c1-2-15-27-21-10-7-19(8-11-21)9-12-23(26)24-22-6-4-3-5-20(22)18-25-13-16-28-17-14-25/h3-12H,2,13-18H2,1H3,(H,24,26)/b12-9+. The molecule has 0 atom stereocenters. The normalized spacial score (nSPS) is 14.9. The molecule has 28 heavy (non-hydrogen) atoms. The van der Waals surface area contributed by atoms with Gasteiger partial charge in [-0.1, -0.05) is 37.3 Å². The molecule has 1 aliphatic heterocycles. The number of thioether (sulfide) groups is 1. The van der Waals surface area contributed by atoms with E-state index >= 15 is 0 Å². The van der Waals surface area contributed by atoms with Gasteiger partial charge in [-0.15, -0.1) is 0 Å². The smallest absolute Gasteiger partial charge is 0.248 e. The molecule has 0 bridgehead atoms. The number of amides is 1. The second-order valence-corrected chi connectivity index (χ2v) is 8.01. The molecule has 1 aliphatic rings. The first-order chi connectivity index (χ1) is 13.7. The van der Waals surface area contributed by atoms with E-state index < -0.39 is 0 Å². The van der Waals surface area contributed by atoms with Gasteiger partial charge in [0.2, 0.25) is 5.91 Å². The number of benzene rings is 2. The minimum Gasteiger partial charge on any atom is -0.494 e. The summed E-state index contributed by atoms with van der Waals surface area (Å²) in [6, 6.07) is 15.8. The Hall–Kier alpha value is -2.24. The Morgan fingerprint density at radius 3 is 2.64 bits per heavy atom. The molecule has 1 fully saturated rings. The molecule has 1 saturated heterocycles. The second-order valence-electron chi connectivity index (χ2n) is 6.79. The predicted octanol–water partition coefficient (Wildman–Crippen LogP) is 4.68. The topological polar surface area (TPSA) is 41.6 Å². The van der Waals surface area contributed by atoms with Crippen LogP contribution >= 0.6 is 11.8 Å². The van der Waals surface area contributed by atoms with E-state index in [1.165, 1.54) is 11.5 Å². The van der Waals surface area contributed by atoms with Crippen molar-refractivity contribution in [3.05, 3.63) is 65.7 Å². The van der Waals surface area contributed by atoms with E-state index in [1.807, 2.05) is 60.3 Å². The third kappa shape index (κ3) is 6.43. The number of nitrogens with one attached hydrogen (secondary N) is 1. The highest BCUT2D eigenvalue weighted by Crippen LogP contribution is 2.20. The molecule has 5 heteroatoms. The number of rotatable bonds is 8. The Bertz CT molecular complexity index is 783. The van der Waals surface area contributed by atoms with E-state index in [9.17, 15) is 4.79 Å². The lowest BCUT2D eigenvalue weighted by molar-refractivity contribution is -0.111. The average molecular weight is 397 g/mol. The van der Waals surface area contributed by atoms with Crippen LogP contribution in [0.15, 0.2) is 54.6 Å². The summed E-state index contributed by atoms with van der Waals surface area (Å²) >= 11 is 2.00. The van der Waals surface area contributed by atoms with Gasteiger partial charge in [0.05, 0.1) is 6.61 Å². The molecule has 2 aromatic carbocycles. The fourth-order valence-corrected chi connectivity index (χ4v) is 4.00. The van der Waals surface area contributed by atoms with E-state index in [1.54, 1.807) is 6.08 Å². The van der Waals surface area contributed by atoms with Crippen molar-refractivity contribution >= 4 is 29.4 Å². The highest BCUT2D eigenvalue weighted by molar-refractivity contribution is 7.99. The molecule has 0 spiro atoms. The minimum absolute atomic E-state index is 0.118. The van der Waals surface area contributed by atoms with Crippen LogP contribution in [-0.4, -0.2) is 42.0 Å². The van der Waals surface area contributed by atoms with Gasteiger partial charge in [0.15, 0.2) is 0 Å². The number of anilines is 1. The zero-order valence-electron chi connectivity index (χ0n) is 16.4. The van der Waals surface area contributed by atoms with Gasteiger partial charge in [0.1, 0.15) is 5.75 Å². The maximum atomic E-state index is 12.4. The number of carbonyl (C=O) groups is 1. The van der Waals surface area contributed by atoms with Crippen LogP contribution in [0.5, 0.6) is 5.75 Å². The van der Waals surface area contributed by atoms with Crippen LogP contribution in [-0.2, 0) is 11.3 Å². The van der Waals surface area contributed by atoms with Crippen LogP contribution in [0, 0.1) is 0 Å². The van der Waals surface area contributed by atoms with Crippen molar-refractivity contribution in [2.75, 3.05) is 36.5 Å². The van der Waals surface area contributed by atoms with Crippen molar-refractivity contribution in [2.45, 2.75) is 19.9 Å². The number of para-hydroxylation sites is 1. The van der Waals surface area contributed by atoms with Crippen LogP contribution in [0.1, 0.15) is 24.5 Å². The third-order valence-corrected chi connectivity index (χ3v) is 5.50. The quantitative estimate of drug-likeness (QED) is 0.658.